The molecular weight excluding hydrogens is 224 g/mol. The van der Waals surface area contributed by atoms with Crippen molar-refractivity contribution in [1.29, 1.82) is 0 Å². The molecule has 0 aliphatic heterocycles. The summed E-state index contributed by atoms with van der Waals surface area (Å²) in [6.45, 7) is 2.28. The van der Waals surface area contributed by atoms with Gasteiger partial charge in [0, 0.05) is 4.90 Å². The predicted molar refractivity (Wildman–Crippen MR) is 78.6 cm³/mol. The number of hydrogen-bond donors (Lipinski definition) is 0. The molecule has 1 rings (SSSR count). The summed E-state index contributed by atoms with van der Waals surface area (Å²) in [4.78, 5) is 1.29. The maximum absolute atomic E-state index is 3.26. The van der Waals surface area contributed by atoms with Gasteiger partial charge in [0.05, 0.1) is 0 Å². The van der Waals surface area contributed by atoms with E-state index in [9.17, 15) is 0 Å². The third kappa shape index (κ3) is 8.31. The van der Waals surface area contributed by atoms with Crippen molar-refractivity contribution in [3.63, 3.8) is 0 Å². The van der Waals surface area contributed by atoms with Crippen molar-refractivity contribution in [3.8, 4) is 0 Å². The predicted octanol–water partition coefficient (Wildman–Crippen LogP) is 5.72. The van der Waals surface area contributed by atoms with Gasteiger partial charge in [-0.1, -0.05) is 70.1 Å². The van der Waals surface area contributed by atoms with Crippen LogP contribution in [0.1, 0.15) is 58.3 Å². The Kier molecular flexibility index (Phi) is 9.21. The van der Waals surface area contributed by atoms with Crippen LogP contribution in [0.5, 0.6) is 0 Å². The molecule has 1 heteroatoms. The summed E-state index contributed by atoms with van der Waals surface area (Å²) in [7, 11) is 0. The lowest BCUT2D eigenvalue weighted by Gasteiger charge is -2.02. The van der Waals surface area contributed by atoms with Gasteiger partial charge in [-0.3, -0.25) is 0 Å². The molecule has 1 radical (unpaired) electrons. The summed E-state index contributed by atoms with van der Waals surface area (Å²) in [6, 6.07) is 11.5. The minimum Gasteiger partial charge on any atom is -0.126 e. The van der Waals surface area contributed by atoms with Gasteiger partial charge >= 0.3 is 0 Å². The van der Waals surface area contributed by atoms with E-state index >= 15 is 0 Å². The van der Waals surface area contributed by atoms with Crippen LogP contribution in [0, 0.1) is 6.07 Å². The average Bonchev–Trinajstić information content (AvgIpc) is 2.38. The fourth-order valence-electron chi connectivity index (χ4n) is 1.88. The highest BCUT2D eigenvalue weighted by Crippen LogP contribution is 2.18. The number of hydrogen-bond acceptors (Lipinski definition) is 1. The molecule has 1 aromatic carbocycles. The molecule has 0 nitrogen and oxygen atoms in total. The first-order chi connectivity index (χ1) is 8.43. The molecule has 0 saturated heterocycles. The lowest BCUT2D eigenvalue weighted by atomic mass is 10.1. The molecule has 0 unspecified atom stereocenters. The van der Waals surface area contributed by atoms with Gasteiger partial charge in [0.2, 0.25) is 0 Å². The van der Waals surface area contributed by atoms with Crippen molar-refractivity contribution in [3.05, 3.63) is 30.3 Å². The van der Waals surface area contributed by atoms with Crippen molar-refractivity contribution in [2.24, 2.45) is 0 Å². The second-order valence-electron chi connectivity index (χ2n) is 4.55. The monoisotopic (exact) mass is 249 g/mol. The largest absolute Gasteiger partial charge is 0.126 e. The van der Waals surface area contributed by atoms with E-state index in [2.05, 4.69) is 25.1 Å². The van der Waals surface area contributed by atoms with E-state index < -0.39 is 0 Å². The molecule has 17 heavy (non-hydrogen) atoms. The van der Waals surface area contributed by atoms with Crippen LogP contribution >= 0.6 is 11.8 Å². The summed E-state index contributed by atoms with van der Waals surface area (Å²) in [5, 5.41) is 0. The van der Waals surface area contributed by atoms with Crippen LogP contribution in [-0.4, -0.2) is 5.75 Å². The number of thioether (sulfide) groups is 1. The zero-order valence-electron chi connectivity index (χ0n) is 11.1. The Labute approximate surface area is 111 Å². The van der Waals surface area contributed by atoms with Crippen molar-refractivity contribution < 1.29 is 0 Å². The number of benzene rings is 1. The summed E-state index contributed by atoms with van der Waals surface area (Å²) >= 11 is 1.94. The molecule has 0 bridgehead atoms. The van der Waals surface area contributed by atoms with E-state index in [1.54, 1.807) is 0 Å². The Bertz CT molecular complexity index is 255. The Morgan fingerprint density at radius 3 is 2.29 bits per heavy atom. The highest BCUT2D eigenvalue weighted by Gasteiger charge is 1.94. The second-order valence-corrected chi connectivity index (χ2v) is 5.69. The Balaban J connectivity index is 1.85. The lowest BCUT2D eigenvalue weighted by Crippen LogP contribution is -1.83. The molecule has 0 N–H and O–H groups in total. The normalized spacial score (nSPS) is 10.6. The molecule has 1 aromatic rings. The standard InChI is InChI=1S/C16H25S/c1-2-3-4-5-6-7-8-12-15-17-16-13-10-9-11-14-16/h9-11,13H,2-8,12,15H2,1H3. The van der Waals surface area contributed by atoms with Gasteiger partial charge in [-0.2, -0.15) is 0 Å². The molecule has 0 spiro atoms. The van der Waals surface area contributed by atoms with E-state index in [4.69, 9.17) is 0 Å². The topological polar surface area (TPSA) is 0 Å². The quantitative estimate of drug-likeness (QED) is 0.377. The number of unbranched alkanes of at least 4 members (excludes halogenated alkanes) is 7. The third-order valence-electron chi connectivity index (χ3n) is 2.94. The van der Waals surface area contributed by atoms with Crippen LogP contribution < -0.4 is 0 Å². The molecule has 0 aromatic heterocycles. The molecule has 0 amide bonds. The summed E-state index contributed by atoms with van der Waals surface area (Å²) in [5.74, 6) is 1.25. The highest BCUT2D eigenvalue weighted by molar-refractivity contribution is 7.99. The van der Waals surface area contributed by atoms with Gasteiger partial charge in [0.1, 0.15) is 0 Å². The van der Waals surface area contributed by atoms with Gasteiger partial charge in [-0.15, -0.1) is 11.8 Å². The molecule has 0 aliphatic rings. The Morgan fingerprint density at radius 1 is 0.941 bits per heavy atom. The van der Waals surface area contributed by atoms with Crippen LogP contribution in [0.25, 0.3) is 0 Å². The zero-order chi connectivity index (χ0) is 12.2. The molecule has 0 fully saturated rings. The highest BCUT2D eigenvalue weighted by atomic mass is 32.2. The molecular formula is C16H25S. The first-order valence-corrected chi connectivity index (χ1v) is 8.01. The van der Waals surface area contributed by atoms with Gasteiger partial charge in [-0.05, 0) is 24.3 Å². The van der Waals surface area contributed by atoms with Crippen molar-refractivity contribution in [2.45, 2.75) is 63.2 Å². The Hall–Kier alpha value is -0.430. The van der Waals surface area contributed by atoms with Crippen molar-refractivity contribution in [1.82, 2.24) is 0 Å². The van der Waals surface area contributed by atoms with Gasteiger partial charge in [0.25, 0.3) is 0 Å². The molecule has 0 heterocycles. The first-order valence-electron chi connectivity index (χ1n) is 7.03. The van der Waals surface area contributed by atoms with Gasteiger partial charge in [-0.25, -0.2) is 0 Å². The van der Waals surface area contributed by atoms with E-state index in [1.165, 1.54) is 62.0 Å². The zero-order valence-corrected chi connectivity index (χ0v) is 11.9. The fourth-order valence-corrected chi connectivity index (χ4v) is 2.78. The summed E-state index contributed by atoms with van der Waals surface area (Å²) < 4.78 is 0. The molecule has 0 aliphatic carbocycles. The van der Waals surface area contributed by atoms with E-state index in [1.807, 2.05) is 23.9 Å². The third-order valence-corrected chi connectivity index (χ3v) is 3.99. The van der Waals surface area contributed by atoms with E-state index in [0.29, 0.717) is 0 Å². The fraction of sp³-hybridized carbons (Fsp3) is 0.625. The van der Waals surface area contributed by atoms with Crippen LogP contribution in [0.2, 0.25) is 0 Å². The maximum atomic E-state index is 3.26. The summed E-state index contributed by atoms with van der Waals surface area (Å²) in [5.41, 5.74) is 0. The molecule has 0 atom stereocenters. The van der Waals surface area contributed by atoms with Crippen molar-refractivity contribution >= 4 is 11.8 Å². The minimum absolute atomic E-state index is 1.25. The SMILES string of the molecule is CCCCCCCCCCSc1[c]cccc1. The van der Waals surface area contributed by atoms with E-state index in [-0.39, 0.29) is 0 Å². The lowest BCUT2D eigenvalue weighted by molar-refractivity contribution is 0.586. The first kappa shape index (κ1) is 14.6. The summed E-state index contributed by atoms with van der Waals surface area (Å²) in [6.07, 6.45) is 11.2. The van der Waals surface area contributed by atoms with Crippen LogP contribution in [0.4, 0.5) is 0 Å². The van der Waals surface area contributed by atoms with Gasteiger partial charge < -0.3 is 0 Å². The average molecular weight is 249 g/mol. The molecule has 95 valence electrons. The smallest absolute Gasteiger partial charge is 0.0151 e. The minimum atomic E-state index is 1.25. The maximum Gasteiger partial charge on any atom is 0.0151 e. The number of rotatable bonds is 10. The second kappa shape index (κ2) is 10.7. The van der Waals surface area contributed by atoms with E-state index in [0.717, 1.165) is 0 Å². The van der Waals surface area contributed by atoms with Crippen molar-refractivity contribution in [2.75, 3.05) is 5.75 Å². The van der Waals surface area contributed by atoms with Crippen LogP contribution in [0.15, 0.2) is 29.2 Å². The molecule has 0 saturated carbocycles. The Morgan fingerprint density at radius 2 is 1.65 bits per heavy atom. The van der Waals surface area contributed by atoms with Gasteiger partial charge in [0.15, 0.2) is 0 Å². The van der Waals surface area contributed by atoms with Crippen LogP contribution in [-0.2, 0) is 0 Å². The van der Waals surface area contributed by atoms with Crippen LogP contribution in [0.3, 0.4) is 0 Å².